The number of hydrogen-bond acceptors (Lipinski definition) is 4. The highest BCUT2D eigenvalue weighted by atomic mass is 16.5. The van der Waals surface area contributed by atoms with Crippen molar-refractivity contribution in [2.45, 2.75) is 64.6 Å². The van der Waals surface area contributed by atoms with Crippen LogP contribution in [0.15, 0.2) is 30.3 Å². The summed E-state index contributed by atoms with van der Waals surface area (Å²) in [5.41, 5.74) is 1.16. The Bertz CT molecular complexity index is 557. The SMILES string of the molecule is CCOC(=O)[C@H](CCc1ccccc1)N[C@@H](C)C(=O)N[C@@H](C)C1CC1. The lowest BCUT2D eigenvalue weighted by Gasteiger charge is -2.23. The molecular weight excluding hydrogens is 316 g/mol. The molecule has 0 aromatic heterocycles. The minimum atomic E-state index is -0.489. The first-order chi connectivity index (χ1) is 12.0. The molecule has 138 valence electrons. The molecule has 1 aliphatic rings. The van der Waals surface area contributed by atoms with E-state index in [-0.39, 0.29) is 17.9 Å². The molecule has 2 rings (SSSR count). The number of nitrogens with one attached hydrogen (secondary N) is 2. The van der Waals surface area contributed by atoms with Crippen LogP contribution in [0.3, 0.4) is 0 Å². The molecule has 0 bridgehead atoms. The van der Waals surface area contributed by atoms with Gasteiger partial charge in [-0.05, 0) is 57.9 Å². The zero-order chi connectivity index (χ0) is 18.2. The first kappa shape index (κ1) is 19.4. The van der Waals surface area contributed by atoms with E-state index in [1.54, 1.807) is 13.8 Å². The normalized spacial score (nSPS) is 17.4. The molecular formula is C20H30N2O3. The summed E-state index contributed by atoms with van der Waals surface area (Å²) in [5.74, 6) is 0.247. The lowest BCUT2D eigenvalue weighted by Crippen LogP contribution is -2.51. The van der Waals surface area contributed by atoms with Crippen molar-refractivity contribution in [1.29, 1.82) is 0 Å². The van der Waals surface area contributed by atoms with Gasteiger partial charge in [-0.3, -0.25) is 14.9 Å². The quantitative estimate of drug-likeness (QED) is 0.639. The fourth-order valence-corrected chi connectivity index (χ4v) is 2.91. The van der Waals surface area contributed by atoms with Crippen LogP contribution in [0.2, 0.25) is 0 Å². The Morgan fingerprint density at radius 3 is 2.48 bits per heavy atom. The monoisotopic (exact) mass is 346 g/mol. The van der Waals surface area contributed by atoms with Gasteiger partial charge < -0.3 is 10.1 Å². The third kappa shape index (κ3) is 6.50. The van der Waals surface area contributed by atoms with Gasteiger partial charge >= 0.3 is 5.97 Å². The topological polar surface area (TPSA) is 67.4 Å². The summed E-state index contributed by atoms with van der Waals surface area (Å²) >= 11 is 0. The summed E-state index contributed by atoms with van der Waals surface area (Å²) in [6, 6.07) is 9.28. The maximum absolute atomic E-state index is 12.4. The summed E-state index contributed by atoms with van der Waals surface area (Å²) in [5, 5.41) is 6.19. The number of amides is 1. The Kier molecular flexibility index (Phi) is 7.44. The first-order valence-electron chi connectivity index (χ1n) is 9.28. The molecule has 1 saturated carbocycles. The molecule has 1 amide bonds. The van der Waals surface area contributed by atoms with Crippen LogP contribution in [-0.2, 0) is 20.7 Å². The van der Waals surface area contributed by atoms with Crippen molar-refractivity contribution in [1.82, 2.24) is 10.6 Å². The second kappa shape index (κ2) is 9.56. The maximum atomic E-state index is 12.4. The van der Waals surface area contributed by atoms with Crippen molar-refractivity contribution >= 4 is 11.9 Å². The van der Waals surface area contributed by atoms with E-state index in [0.717, 1.165) is 12.0 Å². The van der Waals surface area contributed by atoms with Crippen molar-refractivity contribution < 1.29 is 14.3 Å². The van der Waals surface area contributed by atoms with Crippen molar-refractivity contribution in [3.63, 3.8) is 0 Å². The van der Waals surface area contributed by atoms with Crippen LogP contribution in [0, 0.1) is 5.92 Å². The van der Waals surface area contributed by atoms with Crippen molar-refractivity contribution in [3.05, 3.63) is 35.9 Å². The van der Waals surface area contributed by atoms with Crippen LogP contribution in [0.1, 0.15) is 45.6 Å². The number of benzene rings is 1. The van der Waals surface area contributed by atoms with Crippen molar-refractivity contribution in [3.8, 4) is 0 Å². The number of ether oxygens (including phenoxy) is 1. The molecule has 0 unspecified atom stereocenters. The average Bonchev–Trinajstić information content (AvgIpc) is 3.44. The highest BCUT2D eigenvalue weighted by Crippen LogP contribution is 2.32. The molecule has 0 saturated heterocycles. The molecule has 3 atom stereocenters. The maximum Gasteiger partial charge on any atom is 0.323 e. The summed E-state index contributed by atoms with van der Waals surface area (Å²) in [7, 11) is 0. The van der Waals surface area contributed by atoms with Gasteiger partial charge in [0.15, 0.2) is 0 Å². The Hall–Kier alpha value is -1.88. The Balaban J connectivity index is 1.89. The fraction of sp³-hybridized carbons (Fsp3) is 0.600. The number of esters is 1. The fourth-order valence-electron chi connectivity index (χ4n) is 2.91. The van der Waals surface area contributed by atoms with E-state index in [4.69, 9.17) is 4.74 Å². The van der Waals surface area contributed by atoms with E-state index in [1.165, 1.54) is 12.8 Å². The first-order valence-corrected chi connectivity index (χ1v) is 9.28. The van der Waals surface area contributed by atoms with Gasteiger partial charge in [0.05, 0.1) is 12.6 Å². The third-order valence-electron chi connectivity index (χ3n) is 4.68. The van der Waals surface area contributed by atoms with Gasteiger partial charge in [-0.25, -0.2) is 0 Å². The van der Waals surface area contributed by atoms with Gasteiger partial charge in [0, 0.05) is 6.04 Å². The van der Waals surface area contributed by atoms with Crippen LogP contribution < -0.4 is 10.6 Å². The predicted octanol–water partition coefficient (Wildman–Crippen LogP) is 2.44. The van der Waals surface area contributed by atoms with Gasteiger partial charge in [0.1, 0.15) is 6.04 Å². The summed E-state index contributed by atoms with van der Waals surface area (Å²) in [4.78, 5) is 24.6. The Morgan fingerprint density at radius 2 is 1.88 bits per heavy atom. The highest BCUT2D eigenvalue weighted by Gasteiger charge is 2.31. The third-order valence-corrected chi connectivity index (χ3v) is 4.68. The molecule has 1 aliphatic carbocycles. The zero-order valence-corrected chi connectivity index (χ0v) is 15.5. The standard InChI is InChI=1S/C20H30N2O3/c1-4-25-20(24)18(13-10-16-8-6-5-7-9-16)21-15(3)19(23)22-14(2)17-11-12-17/h5-9,14-15,17-18,21H,4,10-13H2,1-3H3,(H,22,23)/t14-,15-,18-/m0/s1. The molecule has 0 aliphatic heterocycles. The molecule has 1 aromatic carbocycles. The lowest BCUT2D eigenvalue weighted by atomic mass is 10.0. The van der Waals surface area contributed by atoms with E-state index in [9.17, 15) is 9.59 Å². The predicted molar refractivity (Wildman–Crippen MR) is 98.1 cm³/mol. The average molecular weight is 346 g/mol. The largest absolute Gasteiger partial charge is 0.465 e. The van der Waals surface area contributed by atoms with Gasteiger partial charge in [-0.15, -0.1) is 0 Å². The smallest absolute Gasteiger partial charge is 0.323 e. The van der Waals surface area contributed by atoms with Crippen LogP contribution in [0.5, 0.6) is 0 Å². The van der Waals surface area contributed by atoms with Crippen molar-refractivity contribution in [2.75, 3.05) is 6.61 Å². The second-order valence-electron chi connectivity index (χ2n) is 6.85. The van der Waals surface area contributed by atoms with E-state index < -0.39 is 12.1 Å². The second-order valence-corrected chi connectivity index (χ2v) is 6.85. The molecule has 5 heteroatoms. The molecule has 5 nitrogen and oxygen atoms in total. The number of rotatable bonds is 10. The van der Waals surface area contributed by atoms with E-state index in [1.807, 2.05) is 37.3 Å². The number of hydrogen-bond donors (Lipinski definition) is 2. The van der Waals surface area contributed by atoms with Gasteiger partial charge in [-0.1, -0.05) is 30.3 Å². The molecule has 0 heterocycles. The summed E-state index contributed by atoms with van der Waals surface area (Å²) < 4.78 is 5.17. The van der Waals surface area contributed by atoms with E-state index in [2.05, 4.69) is 10.6 Å². The Morgan fingerprint density at radius 1 is 1.20 bits per heavy atom. The number of carbonyl (C=O) groups is 2. The highest BCUT2D eigenvalue weighted by molar-refractivity contribution is 5.83. The van der Waals surface area contributed by atoms with E-state index in [0.29, 0.717) is 18.9 Å². The van der Waals surface area contributed by atoms with Crippen molar-refractivity contribution in [2.24, 2.45) is 5.92 Å². The summed E-state index contributed by atoms with van der Waals surface area (Å²) in [6.45, 7) is 5.96. The van der Waals surface area contributed by atoms with Crippen LogP contribution in [0.4, 0.5) is 0 Å². The van der Waals surface area contributed by atoms with Crippen LogP contribution in [-0.4, -0.2) is 36.6 Å². The molecule has 25 heavy (non-hydrogen) atoms. The number of aryl methyl sites for hydroxylation is 1. The molecule has 0 spiro atoms. The number of carbonyl (C=O) groups excluding carboxylic acids is 2. The minimum Gasteiger partial charge on any atom is -0.465 e. The Labute approximate surface area is 150 Å². The minimum absolute atomic E-state index is 0.0617. The zero-order valence-electron chi connectivity index (χ0n) is 15.5. The molecule has 1 fully saturated rings. The molecule has 0 radical (unpaired) electrons. The lowest BCUT2D eigenvalue weighted by molar-refractivity contribution is -0.146. The van der Waals surface area contributed by atoms with Gasteiger partial charge in [-0.2, -0.15) is 0 Å². The summed E-state index contributed by atoms with van der Waals surface area (Å²) in [6.07, 6.45) is 3.72. The van der Waals surface area contributed by atoms with Crippen LogP contribution in [0.25, 0.3) is 0 Å². The van der Waals surface area contributed by atoms with Gasteiger partial charge in [0.25, 0.3) is 0 Å². The van der Waals surface area contributed by atoms with Crippen LogP contribution >= 0.6 is 0 Å². The van der Waals surface area contributed by atoms with E-state index >= 15 is 0 Å². The molecule has 1 aromatic rings. The van der Waals surface area contributed by atoms with Gasteiger partial charge in [0.2, 0.25) is 5.91 Å². The molecule has 2 N–H and O–H groups in total.